The van der Waals surface area contributed by atoms with E-state index in [1.54, 1.807) is 6.92 Å². The summed E-state index contributed by atoms with van der Waals surface area (Å²) in [6.07, 6.45) is 1.25. The summed E-state index contributed by atoms with van der Waals surface area (Å²) in [5.74, 6) is 1.15. The molecule has 1 saturated heterocycles. The van der Waals surface area contributed by atoms with Gasteiger partial charge >= 0.3 is 0 Å². The summed E-state index contributed by atoms with van der Waals surface area (Å²) >= 11 is 0. The van der Waals surface area contributed by atoms with Gasteiger partial charge in [0.15, 0.2) is 0 Å². The molecule has 2 aliphatic rings. The van der Waals surface area contributed by atoms with Crippen LogP contribution in [0.4, 0.5) is 17.1 Å². The molecule has 28 heavy (non-hydrogen) atoms. The van der Waals surface area contributed by atoms with Crippen molar-refractivity contribution in [3.8, 4) is 0 Å². The number of amides is 1. The SMILES string of the molecule is CC(=O)N1c2ccc(N3CCC(C)C3)cc2C(Nc2ccccc2)C(C)C1C. The van der Waals surface area contributed by atoms with Gasteiger partial charge < -0.3 is 15.1 Å². The first-order valence-electron chi connectivity index (χ1n) is 10.5. The molecular formula is C24H31N3O. The summed E-state index contributed by atoms with van der Waals surface area (Å²) in [6.45, 7) is 10.6. The van der Waals surface area contributed by atoms with Gasteiger partial charge in [-0.05, 0) is 49.6 Å². The van der Waals surface area contributed by atoms with Crippen molar-refractivity contribution in [1.29, 1.82) is 0 Å². The quantitative estimate of drug-likeness (QED) is 0.810. The van der Waals surface area contributed by atoms with Crippen molar-refractivity contribution in [2.75, 3.05) is 28.2 Å². The van der Waals surface area contributed by atoms with Gasteiger partial charge in [-0.3, -0.25) is 4.79 Å². The molecule has 4 rings (SSSR count). The van der Waals surface area contributed by atoms with Crippen LogP contribution in [0.15, 0.2) is 48.5 Å². The van der Waals surface area contributed by atoms with E-state index in [1.807, 2.05) is 11.0 Å². The van der Waals surface area contributed by atoms with Crippen molar-refractivity contribution in [2.45, 2.75) is 46.2 Å². The van der Waals surface area contributed by atoms with Crippen molar-refractivity contribution in [3.05, 3.63) is 54.1 Å². The third kappa shape index (κ3) is 3.36. The van der Waals surface area contributed by atoms with E-state index in [4.69, 9.17) is 0 Å². The zero-order chi connectivity index (χ0) is 19.8. The summed E-state index contributed by atoms with van der Waals surface area (Å²) in [6, 6.07) is 17.3. The normalized spacial score (nSPS) is 26.9. The fourth-order valence-electron chi connectivity index (χ4n) is 4.77. The number of benzene rings is 2. The van der Waals surface area contributed by atoms with Gasteiger partial charge in [-0.2, -0.15) is 0 Å². The van der Waals surface area contributed by atoms with Gasteiger partial charge in [0.05, 0.1) is 6.04 Å². The first kappa shape index (κ1) is 18.9. The van der Waals surface area contributed by atoms with Gasteiger partial charge in [-0.25, -0.2) is 0 Å². The summed E-state index contributed by atoms with van der Waals surface area (Å²) in [4.78, 5) is 16.9. The molecule has 0 bridgehead atoms. The molecule has 2 aliphatic heterocycles. The third-order valence-corrected chi connectivity index (χ3v) is 6.52. The summed E-state index contributed by atoms with van der Waals surface area (Å²) < 4.78 is 0. The fourth-order valence-corrected chi connectivity index (χ4v) is 4.77. The zero-order valence-electron chi connectivity index (χ0n) is 17.4. The molecule has 4 unspecified atom stereocenters. The maximum atomic E-state index is 12.5. The second kappa shape index (κ2) is 7.50. The number of anilines is 3. The van der Waals surface area contributed by atoms with Crippen LogP contribution < -0.4 is 15.1 Å². The fraction of sp³-hybridized carbons (Fsp3) is 0.458. The minimum Gasteiger partial charge on any atom is -0.378 e. The van der Waals surface area contributed by atoms with Crippen LogP contribution in [0.25, 0.3) is 0 Å². The Morgan fingerprint density at radius 3 is 2.46 bits per heavy atom. The Bertz CT molecular complexity index is 850. The maximum absolute atomic E-state index is 12.5. The van der Waals surface area contributed by atoms with E-state index in [-0.39, 0.29) is 18.0 Å². The van der Waals surface area contributed by atoms with Gasteiger partial charge in [0.2, 0.25) is 5.91 Å². The zero-order valence-corrected chi connectivity index (χ0v) is 17.4. The van der Waals surface area contributed by atoms with Gasteiger partial charge in [-0.1, -0.05) is 32.0 Å². The van der Waals surface area contributed by atoms with Crippen molar-refractivity contribution in [3.63, 3.8) is 0 Å². The van der Waals surface area contributed by atoms with E-state index >= 15 is 0 Å². The number of rotatable bonds is 3. The third-order valence-electron chi connectivity index (χ3n) is 6.52. The number of fused-ring (bicyclic) bond motifs is 1. The van der Waals surface area contributed by atoms with Crippen LogP contribution in [-0.4, -0.2) is 25.0 Å². The standard InChI is InChI=1S/C24H31N3O/c1-16-12-13-26(15-16)21-10-11-23-22(14-21)24(25-20-8-6-5-7-9-20)17(2)18(3)27(23)19(4)28/h5-11,14,16-18,24-25H,12-13,15H2,1-4H3. The van der Waals surface area contributed by atoms with Gasteiger partial charge in [0.1, 0.15) is 0 Å². The van der Waals surface area contributed by atoms with E-state index < -0.39 is 0 Å². The van der Waals surface area contributed by atoms with Crippen LogP contribution in [0.1, 0.15) is 45.7 Å². The Morgan fingerprint density at radius 1 is 1.07 bits per heavy atom. The number of hydrogen-bond acceptors (Lipinski definition) is 3. The van der Waals surface area contributed by atoms with E-state index in [9.17, 15) is 4.79 Å². The largest absolute Gasteiger partial charge is 0.378 e. The molecule has 4 nitrogen and oxygen atoms in total. The highest BCUT2D eigenvalue weighted by Crippen LogP contribution is 2.44. The monoisotopic (exact) mass is 377 g/mol. The lowest BCUT2D eigenvalue weighted by Gasteiger charge is -2.44. The van der Waals surface area contributed by atoms with Crippen molar-refractivity contribution in [2.24, 2.45) is 11.8 Å². The molecule has 4 atom stereocenters. The Kier molecular flexibility index (Phi) is 5.05. The summed E-state index contributed by atoms with van der Waals surface area (Å²) in [5.41, 5.74) is 4.66. The average Bonchev–Trinajstić information content (AvgIpc) is 3.12. The molecule has 0 spiro atoms. The topological polar surface area (TPSA) is 35.6 Å². The average molecular weight is 378 g/mol. The predicted octanol–water partition coefficient (Wildman–Crippen LogP) is 5.08. The number of hydrogen-bond donors (Lipinski definition) is 1. The minimum absolute atomic E-state index is 0.112. The highest BCUT2D eigenvalue weighted by molar-refractivity contribution is 5.94. The van der Waals surface area contributed by atoms with Gasteiger partial charge in [-0.15, -0.1) is 0 Å². The molecule has 0 aromatic heterocycles. The van der Waals surface area contributed by atoms with Crippen LogP contribution in [0, 0.1) is 11.8 Å². The Balaban J connectivity index is 1.76. The molecule has 0 aliphatic carbocycles. The minimum atomic E-state index is 0.112. The molecule has 4 heteroatoms. The van der Waals surface area contributed by atoms with E-state index in [2.05, 4.69) is 73.5 Å². The highest BCUT2D eigenvalue weighted by Gasteiger charge is 2.38. The Morgan fingerprint density at radius 2 is 1.82 bits per heavy atom. The lowest BCUT2D eigenvalue weighted by Crippen LogP contribution is -2.48. The lowest BCUT2D eigenvalue weighted by molar-refractivity contribution is -0.117. The summed E-state index contributed by atoms with van der Waals surface area (Å²) in [5, 5.41) is 3.75. The van der Waals surface area contributed by atoms with Crippen LogP contribution in [0.3, 0.4) is 0 Å². The molecule has 2 aromatic rings. The second-order valence-corrected chi connectivity index (χ2v) is 8.56. The Hall–Kier alpha value is -2.49. The van der Waals surface area contributed by atoms with E-state index in [1.165, 1.54) is 17.7 Å². The molecule has 1 N–H and O–H groups in total. The molecule has 1 fully saturated rings. The van der Waals surface area contributed by atoms with Crippen molar-refractivity contribution in [1.82, 2.24) is 0 Å². The van der Waals surface area contributed by atoms with E-state index in [0.29, 0.717) is 5.92 Å². The summed E-state index contributed by atoms with van der Waals surface area (Å²) in [7, 11) is 0. The molecule has 2 aromatic carbocycles. The highest BCUT2D eigenvalue weighted by atomic mass is 16.2. The van der Waals surface area contributed by atoms with Crippen molar-refractivity contribution < 1.29 is 4.79 Å². The smallest absolute Gasteiger partial charge is 0.224 e. The Labute approximate surface area is 168 Å². The first-order chi connectivity index (χ1) is 13.5. The molecular weight excluding hydrogens is 346 g/mol. The molecule has 0 radical (unpaired) electrons. The van der Waals surface area contributed by atoms with Crippen LogP contribution >= 0.6 is 0 Å². The first-order valence-corrected chi connectivity index (χ1v) is 10.5. The van der Waals surface area contributed by atoms with Gasteiger partial charge in [0.25, 0.3) is 0 Å². The lowest BCUT2D eigenvalue weighted by atomic mass is 9.82. The molecule has 148 valence electrons. The predicted molar refractivity (Wildman–Crippen MR) is 117 cm³/mol. The van der Waals surface area contributed by atoms with Crippen LogP contribution in [-0.2, 0) is 4.79 Å². The van der Waals surface area contributed by atoms with Gasteiger partial charge in [0, 0.05) is 54.6 Å². The van der Waals surface area contributed by atoms with Crippen LogP contribution in [0.5, 0.6) is 0 Å². The molecule has 0 saturated carbocycles. The van der Waals surface area contributed by atoms with Crippen molar-refractivity contribution >= 4 is 23.0 Å². The molecule has 2 heterocycles. The van der Waals surface area contributed by atoms with E-state index in [0.717, 1.165) is 30.4 Å². The second-order valence-electron chi connectivity index (χ2n) is 8.56. The number of nitrogens with zero attached hydrogens (tertiary/aromatic N) is 2. The number of carbonyl (C=O) groups is 1. The number of nitrogens with one attached hydrogen (secondary N) is 1. The van der Waals surface area contributed by atoms with Crippen LogP contribution in [0.2, 0.25) is 0 Å². The molecule has 1 amide bonds. The maximum Gasteiger partial charge on any atom is 0.224 e. The number of para-hydroxylation sites is 1. The number of carbonyl (C=O) groups excluding carboxylic acids is 1.